The number of amidine groups is 1. The molecular weight excluding hydrogens is 258 g/mol. The van der Waals surface area contributed by atoms with Gasteiger partial charge in [-0.05, 0) is 12.5 Å². The molecule has 1 aromatic carbocycles. The number of thioether (sulfide) groups is 1. The van der Waals surface area contributed by atoms with Gasteiger partial charge in [0.05, 0.1) is 11.5 Å². The van der Waals surface area contributed by atoms with Gasteiger partial charge in [-0.3, -0.25) is 9.69 Å². The van der Waals surface area contributed by atoms with E-state index in [4.69, 9.17) is 0 Å². The first-order valence-corrected chi connectivity index (χ1v) is 6.92. The number of hydrogen-bond donors (Lipinski definition) is 0. The second-order valence-corrected chi connectivity index (χ2v) is 4.96. The molecular formula is C14H15N3OS. The average molecular weight is 273 g/mol. The summed E-state index contributed by atoms with van der Waals surface area (Å²) >= 11 is 1.41. The fourth-order valence-corrected chi connectivity index (χ4v) is 2.47. The summed E-state index contributed by atoms with van der Waals surface area (Å²) in [5, 5.41) is 9.01. The van der Waals surface area contributed by atoms with Gasteiger partial charge in [0.1, 0.15) is 0 Å². The topological polar surface area (TPSA) is 45.0 Å². The highest BCUT2D eigenvalue weighted by atomic mass is 32.2. The van der Waals surface area contributed by atoms with E-state index in [0.717, 1.165) is 11.3 Å². The first kappa shape index (κ1) is 13.5. The molecule has 0 bridgehead atoms. The summed E-state index contributed by atoms with van der Waals surface area (Å²) in [6, 6.07) is 9.83. The predicted octanol–water partition coefficient (Wildman–Crippen LogP) is 2.53. The highest BCUT2D eigenvalue weighted by Gasteiger charge is 2.27. The van der Waals surface area contributed by atoms with Crippen LogP contribution in [-0.2, 0) is 4.79 Å². The molecule has 0 aliphatic carbocycles. The van der Waals surface area contributed by atoms with Crippen LogP contribution < -0.4 is 0 Å². The third-order valence-electron chi connectivity index (χ3n) is 2.65. The lowest BCUT2D eigenvalue weighted by molar-refractivity contribution is -0.123. The summed E-state index contributed by atoms with van der Waals surface area (Å²) < 4.78 is 0. The molecule has 1 amide bonds. The van der Waals surface area contributed by atoms with Crippen molar-refractivity contribution < 1.29 is 4.79 Å². The smallest absolute Gasteiger partial charge is 0.239 e. The number of nitrogens with zero attached hydrogens (tertiary/aromatic N) is 3. The van der Waals surface area contributed by atoms with Crippen LogP contribution in [0.1, 0.15) is 12.5 Å². The van der Waals surface area contributed by atoms with Crippen LogP contribution in [0.15, 0.2) is 53.2 Å². The van der Waals surface area contributed by atoms with E-state index >= 15 is 0 Å². The normalized spacial score (nSPS) is 18.2. The van der Waals surface area contributed by atoms with Gasteiger partial charge in [-0.15, -0.1) is 11.7 Å². The number of hydrogen-bond acceptors (Lipinski definition) is 4. The van der Waals surface area contributed by atoms with Crippen LogP contribution in [0.3, 0.4) is 0 Å². The lowest BCUT2D eigenvalue weighted by atomic mass is 10.1. The fraction of sp³-hybridized carbons (Fsp3) is 0.214. The van der Waals surface area contributed by atoms with E-state index in [2.05, 4.69) is 16.8 Å². The van der Waals surface area contributed by atoms with Gasteiger partial charge in [-0.2, -0.15) is 5.10 Å². The molecule has 0 N–H and O–H groups in total. The standard InChI is InChI=1S/C14H15N3OS/c1-3-9-17-13(18)10-19-14(17)16-15-11(2)12-7-5-4-6-8-12/h3-8H,1,9-10H2,2H3/b15-11+,16-14-. The third kappa shape index (κ3) is 3.32. The van der Waals surface area contributed by atoms with Crippen molar-refractivity contribution >= 4 is 28.5 Å². The number of benzene rings is 1. The van der Waals surface area contributed by atoms with Gasteiger partial charge < -0.3 is 0 Å². The van der Waals surface area contributed by atoms with Crippen molar-refractivity contribution in [3.8, 4) is 0 Å². The molecule has 0 aromatic heterocycles. The number of carbonyl (C=O) groups is 1. The van der Waals surface area contributed by atoms with Crippen molar-refractivity contribution in [3.05, 3.63) is 48.6 Å². The summed E-state index contributed by atoms with van der Waals surface area (Å²) in [5.74, 6) is 0.475. The molecule has 4 nitrogen and oxygen atoms in total. The van der Waals surface area contributed by atoms with Gasteiger partial charge in [-0.1, -0.05) is 48.2 Å². The molecule has 1 fully saturated rings. The summed E-state index contributed by atoms with van der Waals surface area (Å²) in [5.41, 5.74) is 1.85. The predicted molar refractivity (Wildman–Crippen MR) is 80.5 cm³/mol. The van der Waals surface area contributed by atoms with Crippen molar-refractivity contribution in [2.45, 2.75) is 6.92 Å². The number of carbonyl (C=O) groups excluding carboxylic acids is 1. The second kappa shape index (κ2) is 6.33. The number of amides is 1. The Labute approximate surface area is 116 Å². The Balaban J connectivity index is 2.17. The minimum atomic E-state index is 0.0521. The molecule has 1 aromatic rings. The molecule has 0 radical (unpaired) electrons. The largest absolute Gasteiger partial charge is 0.285 e. The molecule has 0 atom stereocenters. The Morgan fingerprint density at radius 3 is 2.89 bits per heavy atom. The van der Waals surface area contributed by atoms with Gasteiger partial charge in [0.15, 0.2) is 5.17 Å². The van der Waals surface area contributed by atoms with Gasteiger partial charge in [-0.25, -0.2) is 0 Å². The summed E-state index contributed by atoms with van der Waals surface area (Å²) in [6.07, 6.45) is 1.69. The molecule has 2 rings (SSSR count). The van der Waals surface area contributed by atoms with E-state index < -0.39 is 0 Å². The Bertz CT molecular complexity index is 537. The quantitative estimate of drug-likeness (QED) is 0.481. The maximum atomic E-state index is 11.6. The average Bonchev–Trinajstić information content (AvgIpc) is 2.79. The molecule has 19 heavy (non-hydrogen) atoms. The van der Waals surface area contributed by atoms with Gasteiger partial charge in [0, 0.05) is 6.54 Å². The van der Waals surface area contributed by atoms with Crippen molar-refractivity contribution in [1.29, 1.82) is 0 Å². The first-order valence-electron chi connectivity index (χ1n) is 5.94. The van der Waals surface area contributed by atoms with E-state index in [1.54, 1.807) is 11.0 Å². The molecule has 0 spiro atoms. The van der Waals surface area contributed by atoms with Crippen molar-refractivity contribution in [3.63, 3.8) is 0 Å². The molecule has 1 aliphatic rings. The zero-order valence-electron chi connectivity index (χ0n) is 10.7. The van der Waals surface area contributed by atoms with Crippen LogP contribution >= 0.6 is 11.8 Å². The summed E-state index contributed by atoms with van der Waals surface area (Å²) in [4.78, 5) is 13.2. The maximum Gasteiger partial charge on any atom is 0.239 e. The second-order valence-electron chi connectivity index (χ2n) is 4.02. The SMILES string of the molecule is C=CCN1C(=O)CS/C1=N\N=C(/C)c1ccccc1. The van der Waals surface area contributed by atoms with E-state index in [0.29, 0.717) is 17.5 Å². The van der Waals surface area contributed by atoms with Crippen LogP contribution in [0.2, 0.25) is 0 Å². The maximum absolute atomic E-state index is 11.6. The molecule has 98 valence electrons. The van der Waals surface area contributed by atoms with E-state index in [1.165, 1.54) is 11.8 Å². The highest BCUT2D eigenvalue weighted by molar-refractivity contribution is 8.15. The van der Waals surface area contributed by atoms with Crippen LogP contribution in [0.4, 0.5) is 0 Å². The van der Waals surface area contributed by atoms with E-state index in [1.807, 2.05) is 37.3 Å². The zero-order valence-corrected chi connectivity index (χ0v) is 11.6. The van der Waals surface area contributed by atoms with Crippen LogP contribution in [0.25, 0.3) is 0 Å². The van der Waals surface area contributed by atoms with Crippen LogP contribution in [0, 0.1) is 0 Å². The summed E-state index contributed by atoms with van der Waals surface area (Å²) in [7, 11) is 0. The molecule has 1 aliphatic heterocycles. The minimum absolute atomic E-state index is 0.0521. The highest BCUT2D eigenvalue weighted by Crippen LogP contribution is 2.19. The minimum Gasteiger partial charge on any atom is -0.285 e. The molecule has 5 heteroatoms. The lowest BCUT2D eigenvalue weighted by Gasteiger charge is -2.11. The number of rotatable bonds is 4. The monoisotopic (exact) mass is 273 g/mol. The summed E-state index contributed by atoms with van der Waals surface area (Å²) in [6.45, 7) is 6.02. The van der Waals surface area contributed by atoms with Gasteiger partial charge >= 0.3 is 0 Å². The molecule has 0 unspecified atom stereocenters. The third-order valence-corrected chi connectivity index (χ3v) is 3.60. The zero-order chi connectivity index (χ0) is 13.7. The Morgan fingerprint density at radius 1 is 1.47 bits per heavy atom. The van der Waals surface area contributed by atoms with Crippen molar-refractivity contribution in [2.75, 3.05) is 12.3 Å². The first-order chi connectivity index (χ1) is 9.22. The Morgan fingerprint density at radius 2 is 2.21 bits per heavy atom. The van der Waals surface area contributed by atoms with E-state index in [9.17, 15) is 4.79 Å². The molecule has 0 saturated carbocycles. The lowest BCUT2D eigenvalue weighted by Crippen LogP contribution is -2.29. The Hall–Kier alpha value is -1.88. The van der Waals surface area contributed by atoms with E-state index in [-0.39, 0.29) is 5.91 Å². The van der Waals surface area contributed by atoms with Crippen LogP contribution in [-0.4, -0.2) is 34.0 Å². The van der Waals surface area contributed by atoms with Crippen LogP contribution in [0.5, 0.6) is 0 Å². The molecule has 1 saturated heterocycles. The molecule has 1 heterocycles. The van der Waals surface area contributed by atoms with Crippen molar-refractivity contribution in [1.82, 2.24) is 4.90 Å². The van der Waals surface area contributed by atoms with Gasteiger partial charge in [0.25, 0.3) is 0 Å². The van der Waals surface area contributed by atoms with Crippen molar-refractivity contribution in [2.24, 2.45) is 10.2 Å². The van der Waals surface area contributed by atoms with Gasteiger partial charge in [0.2, 0.25) is 5.91 Å². The fourth-order valence-electron chi connectivity index (χ4n) is 1.64. The Kier molecular flexibility index (Phi) is 4.52.